The molecule has 0 saturated carbocycles. The van der Waals surface area contributed by atoms with E-state index in [0.717, 1.165) is 0 Å². The lowest BCUT2D eigenvalue weighted by molar-refractivity contribution is -0.402. The third kappa shape index (κ3) is 2.68. The van der Waals surface area contributed by atoms with E-state index < -0.39 is 16.7 Å². The van der Waals surface area contributed by atoms with Crippen molar-refractivity contribution in [2.75, 3.05) is 0 Å². The smallest absolute Gasteiger partial charge is 0.400 e. The van der Waals surface area contributed by atoms with Crippen LogP contribution in [0.15, 0.2) is 52.2 Å². The summed E-state index contributed by atoms with van der Waals surface area (Å²) in [6.45, 7) is 0. The van der Waals surface area contributed by atoms with Crippen LogP contribution in [0, 0.1) is 10.1 Å². The van der Waals surface area contributed by atoms with Crippen molar-refractivity contribution in [2.45, 2.75) is 0 Å². The number of amides is 1. The summed E-state index contributed by atoms with van der Waals surface area (Å²) in [6, 6.07) is 7.97. The maximum atomic E-state index is 11.9. The number of pyridine rings is 1. The van der Waals surface area contributed by atoms with E-state index in [-0.39, 0.29) is 11.5 Å². The summed E-state index contributed by atoms with van der Waals surface area (Å²) in [5.41, 5.74) is 3.11. The SMILES string of the molecule is O=C(NN=Cc1ccc([N+](=O)[O-])o1)c1cn2ccccc2n1. The zero-order chi connectivity index (χ0) is 15.5. The van der Waals surface area contributed by atoms with Crippen molar-refractivity contribution in [3.63, 3.8) is 0 Å². The fourth-order valence-corrected chi connectivity index (χ4v) is 1.77. The minimum absolute atomic E-state index is 0.155. The first-order valence-corrected chi connectivity index (χ1v) is 6.15. The number of nitrogens with zero attached hydrogens (tertiary/aromatic N) is 4. The number of carbonyl (C=O) groups is 1. The molecular weight excluding hydrogens is 290 g/mol. The first-order valence-electron chi connectivity index (χ1n) is 6.15. The minimum Gasteiger partial charge on any atom is -0.400 e. The lowest BCUT2D eigenvalue weighted by Crippen LogP contribution is -2.17. The van der Waals surface area contributed by atoms with E-state index in [1.54, 1.807) is 22.9 Å². The van der Waals surface area contributed by atoms with Gasteiger partial charge in [-0.3, -0.25) is 14.9 Å². The molecule has 0 aliphatic carbocycles. The monoisotopic (exact) mass is 299 g/mol. The molecule has 3 aromatic rings. The van der Waals surface area contributed by atoms with Crippen molar-refractivity contribution >= 4 is 23.7 Å². The number of hydrogen-bond donors (Lipinski definition) is 1. The highest BCUT2D eigenvalue weighted by Crippen LogP contribution is 2.13. The Balaban J connectivity index is 1.68. The van der Waals surface area contributed by atoms with E-state index in [2.05, 4.69) is 15.5 Å². The summed E-state index contributed by atoms with van der Waals surface area (Å²) in [5.74, 6) is -0.740. The first kappa shape index (κ1) is 13.5. The van der Waals surface area contributed by atoms with E-state index in [1.807, 2.05) is 12.1 Å². The molecule has 9 heteroatoms. The Bertz CT molecular complexity index is 846. The summed E-state index contributed by atoms with van der Waals surface area (Å²) >= 11 is 0. The van der Waals surface area contributed by atoms with Crippen molar-refractivity contribution in [1.82, 2.24) is 14.8 Å². The fraction of sp³-hybridized carbons (Fsp3) is 0. The van der Waals surface area contributed by atoms with Crippen LogP contribution < -0.4 is 5.43 Å². The number of fused-ring (bicyclic) bond motifs is 1. The predicted molar refractivity (Wildman–Crippen MR) is 75.6 cm³/mol. The molecule has 3 heterocycles. The molecule has 9 nitrogen and oxygen atoms in total. The van der Waals surface area contributed by atoms with Crippen molar-refractivity contribution in [2.24, 2.45) is 5.10 Å². The number of hydrogen-bond acceptors (Lipinski definition) is 6. The van der Waals surface area contributed by atoms with Crippen LogP contribution in [0.4, 0.5) is 5.88 Å². The Hall–Kier alpha value is -3.49. The Morgan fingerprint density at radius 3 is 3.00 bits per heavy atom. The van der Waals surface area contributed by atoms with Gasteiger partial charge in [-0.05, 0) is 18.2 Å². The van der Waals surface area contributed by atoms with Crippen LogP contribution in [0.3, 0.4) is 0 Å². The highest BCUT2D eigenvalue weighted by Gasteiger charge is 2.11. The summed E-state index contributed by atoms with van der Waals surface area (Å²) < 4.78 is 6.56. The summed E-state index contributed by atoms with van der Waals surface area (Å²) in [6.07, 6.45) is 4.50. The molecule has 3 aromatic heterocycles. The number of carbonyl (C=O) groups excluding carboxylic acids is 1. The molecule has 1 amide bonds. The van der Waals surface area contributed by atoms with Crippen molar-refractivity contribution in [3.05, 3.63) is 64.3 Å². The van der Waals surface area contributed by atoms with Crippen LogP contribution in [-0.4, -0.2) is 26.4 Å². The molecule has 0 aliphatic heterocycles. The molecule has 0 spiro atoms. The van der Waals surface area contributed by atoms with Crippen LogP contribution in [0.2, 0.25) is 0 Å². The number of furan rings is 1. The van der Waals surface area contributed by atoms with Crippen LogP contribution in [0.25, 0.3) is 5.65 Å². The van der Waals surface area contributed by atoms with Gasteiger partial charge < -0.3 is 8.82 Å². The maximum absolute atomic E-state index is 11.9. The minimum atomic E-state index is -0.660. The zero-order valence-corrected chi connectivity index (χ0v) is 11.0. The van der Waals surface area contributed by atoms with E-state index in [9.17, 15) is 14.9 Å². The van der Waals surface area contributed by atoms with Crippen molar-refractivity contribution in [3.8, 4) is 0 Å². The molecule has 1 N–H and O–H groups in total. The molecule has 22 heavy (non-hydrogen) atoms. The van der Waals surface area contributed by atoms with Gasteiger partial charge in [0.05, 0.1) is 12.3 Å². The van der Waals surface area contributed by atoms with Gasteiger partial charge in [0, 0.05) is 12.4 Å². The van der Waals surface area contributed by atoms with E-state index in [4.69, 9.17) is 4.42 Å². The predicted octanol–water partition coefficient (Wildman–Crippen LogP) is 1.60. The standard InChI is InChI=1S/C13H9N5O4/c19-13(10-8-17-6-2-1-3-11(17)15-10)16-14-7-9-4-5-12(22-9)18(20)21/h1-8H,(H,16,19). The van der Waals surface area contributed by atoms with Crippen molar-refractivity contribution < 1.29 is 14.1 Å². The molecule has 0 radical (unpaired) electrons. The highest BCUT2D eigenvalue weighted by molar-refractivity contribution is 5.93. The third-order valence-electron chi connectivity index (χ3n) is 2.75. The Kier molecular flexibility index (Phi) is 3.36. The zero-order valence-electron chi connectivity index (χ0n) is 11.0. The highest BCUT2D eigenvalue weighted by atomic mass is 16.6. The average molecular weight is 299 g/mol. The summed E-state index contributed by atoms with van der Waals surface area (Å²) in [4.78, 5) is 25.8. The normalized spacial score (nSPS) is 11.1. The molecule has 3 rings (SSSR count). The van der Waals surface area contributed by atoms with Crippen LogP contribution >= 0.6 is 0 Å². The van der Waals surface area contributed by atoms with Gasteiger partial charge in [-0.25, -0.2) is 10.4 Å². The molecular formula is C13H9N5O4. The second-order valence-electron chi connectivity index (χ2n) is 4.22. The molecule has 110 valence electrons. The molecule has 0 atom stereocenters. The van der Waals surface area contributed by atoms with Gasteiger partial charge in [-0.2, -0.15) is 5.10 Å². The van der Waals surface area contributed by atoms with Crippen molar-refractivity contribution in [1.29, 1.82) is 0 Å². The van der Waals surface area contributed by atoms with E-state index >= 15 is 0 Å². The fourth-order valence-electron chi connectivity index (χ4n) is 1.77. The first-order chi connectivity index (χ1) is 10.6. The van der Waals surface area contributed by atoms with Crippen LogP contribution in [0.5, 0.6) is 0 Å². The molecule has 0 fully saturated rings. The van der Waals surface area contributed by atoms with Gasteiger partial charge in [-0.15, -0.1) is 0 Å². The molecule has 0 aromatic carbocycles. The number of nitro groups is 1. The number of rotatable bonds is 4. The lowest BCUT2D eigenvalue weighted by Gasteiger charge is -1.93. The van der Waals surface area contributed by atoms with Gasteiger partial charge in [0.2, 0.25) is 0 Å². The van der Waals surface area contributed by atoms with Gasteiger partial charge in [-0.1, -0.05) is 6.07 Å². The molecule has 0 bridgehead atoms. The molecule has 0 unspecified atom stereocenters. The lowest BCUT2D eigenvalue weighted by atomic mass is 10.4. The Morgan fingerprint density at radius 1 is 1.41 bits per heavy atom. The van der Waals surface area contributed by atoms with Gasteiger partial charge in [0.1, 0.15) is 16.3 Å². The van der Waals surface area contributed by atoms with Gasteiger partial charge in [0.25, 0.3) is 5.91 Å². The largest absolute Gasteiger partial charge is 0.433 e. The second kappa shape index (κ2) is 5.48. The topological polar surface area (TPSA) is 115 Å². The molecule has 0 saturated heterocycles. The van der Waals surface area contributed by atoms with Crippen LogP contribution in [0.1, 0.15) is 16.2 Å². The summed E-state index contributed by atoms with van der Waals surface area (Å²) in [7, 11) is 0. The number of imidazole rings is 1. The average Bonchev–Trinajstić information content (AvgIpc) is 3.13. The molecule has 0 aliphatic rings. The summed E-state index contributed by atoms with van der Waals surface area (Å²) in [5, 5.41) is 14.1. The Morgan fingerprint density at radius 2 is 2.27 bits per heavy atom. The van der Waals surface area contributed by atoms with Gasteiger partial charge in [0.15, 0.2) is 5.76 Å². The number of hydrazone groups is 1. The second-order valence-corrected chi connectivity index (χ2v) is 4.22. The number of nitrogens with one attached hydrogen (secondary N) is 1. The van der Waals surface area contributed by atoms with Gasteiger partial charge >= 0.3 is 5.88 Å². The number of aromatic nitrogens is 2. The van der Waals surface area contributed by atoms with E-state index in [1.165, 1.54) is 18.3 Å². The maximum Gasteiger partial charge on any atom is 0.433 e. The van der Waals surface area contributed by atoms with Crippen LogP contribution in [-0.2, 0) is 0 Å². The quantitative estimate of drug-likeness (QED) is 0.446. The third-order valence-corrected chi connectivity index (χ3v) is 2.75. The Labute approximate surface area is 123 Å². The van der Waals surface area contributed by atoms with E-state index in [0.29, 0.717) is 5.65 Å².